The number of esters is 1. The molecule has 1 aliphatic rings. The lowest BCUT2D eigenvalue weighted by molar-refractivity contribution is -0.152. The molecule has 4 nitrogen and oxygen atoms in total. The molecule has 0 saturated heterocycles. The molecule has 0 aromatic heterocycles. The maximum absolute atomic E-state index is 11.3. The van der Waals surface area contributed by atoms with E-state index in [2.05, 4.69) is 4.99 Å². The van der Waals surface area contributed by atoms with Gasteiger partial charge in [0.15, 0.2) is 0 Å². The summed E-state index contributed by atoms with van der Waals surface area (Å²) < 4.78 is 5.09. The third-order valence-electron chi connectivity index (χ3n) is 1.95. The van der Waals surface area contributed by atoms with E-state index in [4.69, 9.17) is 4.74 Å². The van der Waals surface area contributed by atoms with Crippen molar-refractivity contribution in [3.05, 3.63) is 0 Å². The van der Waals surface area contributed by atoms with Crippen LogP contribution in [-0.4, -0.2) is 29.6 Å². The number of aliphatic imine (C=N–C) groups is 1. The largest absolute Gasteiger partial charge is 0.459 e. The molecule has 1 rings (SSSR count). The van der Waals surface area contributed by atoms with Gasteiger partial charge in [0.2, 0.25) is 0 Å². The molecule has 0 bridgehead atoms. The highest BCUT2D eigenvalue weighted by Gasteiger charge is 2.18. The minimum absolute atomic E-state index is 0.0277. The maximum atomic E-state index is 11.3. The van der Waals surface area contributed by atoms with Crippen molar-refractivity contribution in [2.45, 2.75) is 45.6 Å². The van der Waals surface area contributed by atoms with Crippen LogP contribution in [0.15, 0.2) is 4.99 Å². The molecule has 0 atom stereocenters. The molecule has 84 valence electrons. The molecule has 15 heavy (non-hydrogen) atoms. The highest BCUT2D eigenvalue weighted by atomic mass is 16.6. The SMILES string of the molecule is CC(C)(C)OC(=O)CN=C1CCC(=O)C1. The van der Waals surface area contributed by atoms with Crippen LogP contribution in [-0.2, 0) is 14.3 Å². The number of ketones is 1. The van der Waals surface area contributed by atoms with Crippen molar-refractivity contribution in [2.24, 2.45) is 4.99 Å². The first-order valence-electron chi connectivity index (χ1n) is 5.12. The Morgan fingerprint density at radius 3 is 2.53 bits per heavy atom. The fourth-order valence-electron chi connectivity index (χ4n) is 1.37. The molecule has 0 amide bonds. The van der Waals surface area contributed by atoms with Crippen molar-refractivity contribution < 1.29 is 14.3 Å². The summed E-state index contributed by atoms with van der Waals surface area (Å²) >= 11 is 0. The zero-order valence-electron chi connectivity index (χ0n) is 9.50. The van der Waals surface area contributed by atoms with Crippen LogP contribution in [0.3, 0.4) is 0 Å². The van der Waals surface area contributed by atoms with Crippen LogP contribution in [0, 0.1) is 0 Å². The molecular weight excluding hydrogens is 194 g/mol. The summed E-state index contributed by atoms with van der Waals surface area (Å²) in [6, 6.07) is 0. The Balaban J connectivity index is 2.37. The summed E-state index contributed by atoms with van der Waals surface area (Å²) in [6.07, 6.45) is 1.66. The van der Waals surface area contributed by atoms with E-state index < -0.39 is 5.60 Å². The maximum Gasteiger partial charge on any atom is 0.328 e. The van der Waals surface area contributed by atoms with Crippen molar-refractivity contribution in [3.63, 3.8) is 0 Å². The zero-order chi connectivity index (χ0) is 11.5. The number of Topliss-reactive ketones (excluding diaryl/α,β-unsaturated/α-hetero) is 1. The van der Waals surface area contributed by atoms with Gasteiger partial charge >= 0.3 is 5.97 Å². The van der Waals surface area contributed by atoms with E-state index in [1.54, 1.807) is 0 Å². The molecule has 0 heterocycles. The number of ether oxygens (including phenoxy) is 1. The van der Waals surface area contributed by atoms with Crippen molar-refractivity contribution >= 4 is 17.5 Å². The number of rotatable bonds is 2. The first-order chi connectivity index (χ1) is 6.87. The summed E-state index contributed by atoms with van der Waals surface area (Å²) in [5.41, 5.74) is 0.355. The second kappa shape index (κ2) is 4.55. The van der Waals surface area contributed by atoms with Crippen molar-refractivity contribution in [1.29, 1.82) is 0 Å². The Kier molecular flexibility index (Phi) is 3.61. The number of hydrogen-bond acceptors (Lipinski definition) is 4. The third-order valence-corrected chi connectivity index (χ3v) is 1.95. The van der Waals surface area contributed by atoms with Crippen molar-refractivity contribution in [2.75, 3.05) is 6.54 Å². The predicted octanol–water partition coefficient (Wildman–Crippen LogP) is 1.52. The van der Waals surface area contributed by atoms with Gasteiger partial charge in [-0.2, -0.15) is 0 Å². The average Bonchev–Trinajstić information content (AvgIpc) is 2.45. The van der Waals surface area contributed by atoms with E-state index in [1.807, 2.05) is 20.8 Å². The van der Waals surface area contributed by atoms with Crippen molar-refractivity contribution in [3.8, 4) is 0 Å². The first-order valence-corrected chi connectivity index (χ1v) is 5.12. The second-order valence-corrected chi connectivity index (χ2v) is 4.68. The minimum atomic E-state index is -0.469. The number of nitrogens with zero attached hydrogens (tertiary/aromatic N) is 1. The summed E-state index contributed by atoms with van der Waals surface area (Å²) in [5, 5.41) is 0. The Morgan fingerprint density at radius 1 is 1.40 bits per heavy atom. The Hall–Kier alpha value is -1.19. The van der Waals surface area contributed by atoms with Crippen LogP contribution in [0.5, 0.6) is 0 Å². The van der Waals surface area contributed by atoms with Gasteiger partial charge in [-0.3, -0.25) is 14.6 Å². The number of hydrogen-bond donors (Lipinski definition) is 0. The third kappa shape index (κ3) is 4.72. The average molecular weight is 211 g/mol. The van der Waals surface area contributed by atoms with E-state index in [1.165, 1.54) is 0 Å². The highest BCUT2D eigenvalue weighted by Crippen LogP contribution is 2.12. The molecule has 1 aliphatic carbocycles. The monoisotopic (exact) mass is 211 g/mol. The molecule has 0 radical (unpaired) electrons. The van der Waals surface area contributed by atoms with Gasteiger partial charge in [0.05, 0.1) is 0 Å². The fourth-order valence-corrected chi connectivity index (χ4v) is 1.37. The Morgan fingerprint density at radius 2 is 2.07 bits per heavy atom. The van der Waals surface area contributed by atoms with E-state index in [0.29, 0.717) is 19.3 Å². The molecule has 0 aromatic carbocycles. The molecule has 1 fully saturated rings. The highest BCUT2D eigenvalue weighted by molar-refractivity contribution is 6.08. The van der Waals surface area contributed by atoms with Crippen molar-refractivity contribution in [1.82, 2.24) is 0 Å². The van der Waals surface area contributed by atoms with Gasteiger partial charge < -0.3 is 4.74 Å². The van der Waals surface area contributed by atoms with E-state index >= 15 is 0 Å². The molecule has 0 aromatic rings. The van der Waals surface area contributed by atoms with Gasteiger partial charge in [-0.1, -0.05) is 0 Å². The Bertz CT molecular complexity index is 299. The summed E-state index contributed by atoms with van der Waals surface area (Å²) in [4.78, 5) is 26.3. The topological polar surface area (TPSA) is 55.7 Å². The normalized spacial score (nSPS) is 19.7. The van der Waals surface area contributed by atoms with E-state index in [9.17, 15) is 9.59 Å². The van der Waals surface area contributed by atoms with Gasteiger partial charge in [0.25, 0.3) is 0 Å². The van der Waals surface area contributed by atoms with Crippen LogP contribution in [0.25, 0.3) is 0 Å². The number of carbonyl (C=O) groups is 2. The molecular formula is C11H17NO3. The van der Waals surface area contributed by atoms with Crippen LogP contribution < -0.4 is 0 Å². The van der Waals surface area contributed by atoms with Gasteiger partial charge in [-0.25, -0.2) is 0 Å². The summed E-state index contributed by atoms with van der Waals surface area (Å²) in [6.45, 7) is 5.48. The summed E-state index contributed by atoms with van der Waals surface area (Å²) in [7, 11) is 0. The lowest BCUT2D eigenvalue weighted by atomic mass is 10.2. The summed E-state index contributed by atoms with van der Waals surface area (Å²) in [5.74, 6) is -0.132. The predicted molar refractivity (Wildman–Crippen MR) is 57.0 cm³/mol. The number of carbonyl (C=O) groups excluding carboxylic acids is 2. The molecule has 0 spiro atoms. The molecule has 0 aliphatic heterocycles. The van der Waals surface area contributed by atoms with Gasteiger partial charge in [-0.05, 0) is 27.2 Å². The minimum Gasteiger partial charge on any atom is -0.459 e. The lowest BCUT2D eigenvalue weighted by Gasteiger charge is -2.18. The van der Waals surface area contributed by atoms with Crippen LogP contribution in [0.2, 0.25) is 0 Å². The lowest BCUT2D eigenvalue weighted by Crippen LogP contribution is -2.25. The fraction of sp³-hybridized carbons (Fsp3) is 0.727. The molecule has 0 unspecified atom stereocenters. The van der Waals surface area contributed by atoms with Gasteiger partial charge in [-0.15, -0.1) is 0 Å². The van der Waals surface area contributed by atoms with Gasteiger partial charge in [0.1, 0.15) is 17.9 Å². The Labute approximate surface area is 89.7 Å². The zero-order valence-corrected chi connectivity index (χ0v) is 9.50. The molecule has 4 heteroatoms. The first kappa shape index (κ1) is 11.9. The quantitative estimate of drug-likeness (QED) is 0.651. The molecule has 1 saturated carbocycles. The van der Waals surface area contributed by atoms with E-state index in [0.717, 1.165) is 5.71 Å². The van der Waals surface area contributed by atoms with E-state index in [-0.39, 0.29) is 18.3 Å². The molecule has 0 N–H and O–H groups in total. The van der Waals surface area contributed by atoms with Gasteiger partial charge in [0, 0.05) is 18.6 Å². The van der Waals surface area contributed by atoms with Crippen LogP contribution in [0.4, 0.5) is 0 Å². The van der Waals surface area contributed by atoms with Crippen LogP contribution in [0.1, 0.15) is 40.0 Å². The smallest absolute Gasteiger partial charge is 0.328 e. The standard InChI is InChI=1S/C11H17NO3/c1-11(2,3)15-10(14)7-12-8-4-5-9(13)6-8/h4-7H2,1-3H3. The second-order valence-electron chi connectivity index (χ2n) is 4.68. The van der Waals surface area contributed by atoms with Crippen LogP contribution >= 0.6 is 0 Å².